The molecule has 0 spiro atoms. The van der Waals surface area contributed by atoms with Gasteiger partial charge in [0.25, 0.3) is 0 Å². The summed E-state index contributed by atoms with van der Waals surface area (Å²) in [5, 5.41) is 5.04. The van der Waals surface area contributed by atoms with Crippen molar-refractivity contribution in [3.63, 3.8) is 0 Å². The summed E-state index contributed by atoms with van der Waals surface area (Å²) in [5.41, 5.74) is 6.22. The van der Waals surface area contributed by atoms with Gasteiger partial charge < -0.3 is 5.73 Å². The third-order valence-electron chi connectivity index (χ3n) is 2.88. The molecule has 0 aliphatic heterocycles. The molecule has 2 N–H and O–H groups in total. The van der Waals surface area contributed by atoms with E-state index in [1.165, 1.54) is 0 Å². The molecule has 0 saturated carbocycles. The fourth-order valence-electron chi connectivity index (χ4n) is 1.97. The fraction of sp³-hybridized carbons (Fsp3) is 0.267. The molecule has 0 aliphatic carbocycles. The number of amides is 1. The van der Waals surface area contributed by atoms with Crippen LogP contribution < -0.4 is 5.73 Å². The average Bonchev–Trinajstić information content (AvgIpc) is 2.77. The largest absolute Gasteiger partial charge is 0.369 e. The summed E-state index contributed by atoms with van der Waals surface area (Å²) in [6.07, 6.45) is 4.65. The molecule has 0 saturated heterocycles. The number of primary amides is 1. The van der Waals surface area contributed by atoms with Gasteiger partial charge in [-0.3, -0.25) is 4.79 Å². The highest BCUT2D eigenvalue weighted by Crippen LogP contribution is 2.13. The topological polar surface area (TPSA) is 73.8 Å². The Kier molecular flexibility index (Phi) is 5.11. The Morgan fingerprint density at radius 1 is 1.48 bits per heavy atom. The number of hydrogen-bond donors (Lipinski definition) is 1. The summed E-state index contributed by atoms with van der Waals surface area (Å²) in [6.45, 7) is 2.50. The Morgan fingerprint density at radius 2 is 2.29 bits per heavy atom. The molecule has 0 aliphatic rings. The van der Waals surface area contributed by atoms with E-state index in [2.05, 4.69) is 10.1 Å². The van der Waals surface area contributed by atoms with E-state index in [0.717, 1.165) is 11.4 Å². The van der Waals surface area contributed by atoms with Gasteiger partial charge in [0.1, 0.15) is 5.82 Å². The molecule has 0 atom stereocenters. The standard InChI is InChI=1S/C15H17ClN4O/c1-2-3-7-15-18-14(9-13(17)21)19-20(15)10-11-5-4-6-12(16)8-11/h2-6,8H,7,9-10H2,1H3,(H2,17,21). The Bertz CT molecular complexity index is 663. The quantitative estimate of drug-likeness (QED) is 0.831. The summed E-state index contributed by atoms with van der Waals surface area (Å²) in [5.74, 6) is 0.806. The second-order valence-electron chi connectivity index (χ2n) is 4.65. The number of aromatic nitrogens is 3. The van der Waals surface area contributed by atoms with Crippen LogP contribution in [0.1, 0.15) is 24.1 Å². The van der Waals surface area contributed by atoms with Crippen molar-refractivity contribution in [3.05, 3.63) is 58.7 Å². The lowest BCUT2D eigenvalue weighted by atomic mass is 10.2. The Morgan fingerprint density at radius 3 is 2.95 bits per heavy atom. The number of hydrogen-bond acceptors (Lipinski definition) is 3. The zero-order valence-corrected chi connectivity index (χ0v) is 12.5. The molecule has 110 valence electrons. The summed E-state index contributed by atoms with van der Waals surface area (Å²) >= 11 is 5.99. The van der Waals surface area contributed by atoms with E-state index in [0.29, 0.717) is 23.8 Å². The van der Waals surface area contributed by atoms with Crippen LogP contribution in [0.2, 0.25) is 5.02 Å². The van der Waals surface area contributed by atoms with Crippen molar-refractivity contribution in [2.45, 2.75) is 26.3 Å². The molecule has 2 aromatic rings. The molecule has 21 heavy (non-hydrogen) atoms. The predicted octanol–water partition coefficient (Wildman–Crippen LogP) is 2.13. The molecule has 0 unspecified atom stereocenters. The number of nitrogens with zero attached hydrogens (tertiary/aromatic N) is 3. The second-order valence-corrected chi connectivity index (χ2v) is 5.08. The highest BCUT2D eigenvalue weighted by molar-refractivity contribution is 6.30. The predicted molar refractivity (Wildman–Crippen MR) is 82.0 cm³/mol. The van der Waals surface area contributed by atoms with E-state index < -0.39 is 5.91 Å². The Hall–Kier alpha value is -2.14. The van der Waals surface area contributed by atoms with E-state index in [9.17, 15) is 4.79 Å². The number of benzene rings is 1. The Labute approximate surface area is 128 Å². The summed E-state index contributed by atoms with van der Waals surface area (Å²) in [6, 6.07) is 7.58. The van der Waals surface area contributed by atoms with Gasteiger partial charge in [-0.2, -0.15) is 5.10 Å². The molecule has 1 heterocycles. The van der Waals surface area contributed by atoms with Crippen molar-refractivity contribution in [1.82, 2.24) is 14.8 Å². The lowest BCUT2D eigenvalue weighted by Crippen LogP contribution is -2.15. The lowest BCUT2D eigenvalue weighted by Gasteiger charge is -2.05. The van der Waals surface area contributed by atoms with E-state index in [1.807, 2.05) is 43.3 Å². The maximum absolute atomic E-state index is 11.0. The van der Waals surface area contributed by atoms with Crippen LogP contribution in [-0.4, -0.2) is 20.7 Å². The van der Waals surface area contributed by atoms with Crippen molar-refractivity contribution >= 4 is 17.5 Å². The summed E-state index contributed by atoms with van der Waals surface area (Å²) < 4.78 is 1.78. The van der Waals surface area contributed by atoms with Crippen molar-refractivity contribution in [2.24, 2.45) is 5.73 Å². The minimum absolute atomic E-state index is 0.0470. The highest BCUT2D eigenvalue weighted by atomic mass is 35.5. The van der Waals surface area contributed by atoms with E-state index in [1.54, 1.807) is 4.68 Å². The molecule has 1 amide bonds. The number of carbonyl (C=O) groups excluding carboxylic acids is 1. The molecule has 6 heteroatoms. The first-order valence-electron chi connectivity index (χ1n) is 6.65. The van der Waals surface area contributed by atoms with Gasteiger partial charge >= 0.3 is 0 Å². The fourth-order valence-corrected chi connectivity index (χ4v) is 2.18. The lowest BCUT2D eigenvalue weighted by molar-refractivity contribution is -0.117. The molecular weight excluding hydrogens is 288 g/mol. The van der Waals surface area contributed by atoms with Crippen molar-refractivity contribution in [3.8, 4) is 0 Å². The number of allylic oxidation sites excluding steroid dienone is 2. The molecule has 0 bridgehead atoms. The normalized spacial score (nSPS) is 11.1. The Balaban J connectivity index is 2.26. The van der Waals surface area contributed by atoms with Crippen LogP contribution in [0.15, 0.2) is 36.4 Å². The van der Waals surface area contributed by atoms with Crippen LogP contribution in [0.4, 0.5) is 0 Å². The first kappa shape index (κ1) is 15.3. The van der Waals surface area contributed by atoms with Gasteiger partial charge in [-0.25, -0.2) is 9.67 Å². The molecule has 0 radical (unpaired) electrons. The zero-order chi connectivity index (χ0) is 15.2. The zero-order valence-electron chi connectivity index (χ0n) is 11.8. The molecule has 1 aromatic heterocycles. The average molecular weight is 305 g/mol. The third-order valence-corrected chi connectivity index (χ3v) is 3.12. The number of nitrogens with two attached hydrogens (primary N) is 1. The van der Waals surface area contributed by atoms with Crippen molar-refractivity contribution in [2.75, 3.05) is 0 Å². The van der Waals surface area contributed by atoms with Gasteiger partial charge in [0.05, 0.1) is 13.0 Å². The van der Waals surface area contributed by atoms with Crippen molar-refractivity contribution in [1.29, 1.82) is 0 Å². The summed E-state index contributed by atoms with van der Waals surface area (Å²) in [4.78, 5) is 15.4. The van der Waals surface area contributed by atoms with E-state index in [4.69, 9.17) is 17.3 Å². The second kappa shape index (κ2) is 7.04. The smallest absolute Gasteiger partial charge is 0.225 e. The van der Waals surface area contributed by atoms with Crippen molar-refractivity contribution < 1.29 is 4.79 Å². The molecular formula is C15H17ClN4O. The van der Waals surface area contributed by atoms with Gasteiger partial charge in [-0.05, 0) is 24.6 Å². The third kappa shape index (κ3) is 4.43. The van der Waals surface area contributed by atoms with Gasteiger partial charge in [-0.15, -0.1) is 0 Å². The number of carbonyl (C=O) groups is 1. The first-order valence-corrected chi connectivity index (χ1v) is 7.02. The monoisotopic (exact) mass is 304 g/mol. The molecule has 0 fully saturated rings. The van der Waals surface area contributed by atoms with Crippen LogP contribution in [0.25, 0.3) is 0 Å². The number of halogens is 1. The minimum Gasteiger partial charge on any atom is -0.369 e. The van der Waals surface area contributed by atoms with Crippen LogP contribution in [0.3, 0.4) is 0 Å². The highest BCUT2D eigenvalue weighted by Gasteiger charge is 2.11. The van der Waals surface area contributed by atoms with Crippen LogP contribution >= 0.6 is 11.6 Å². The maximum atomic E-state index is 11.0. The van der Waals surface area contributed by atoms with E-state index >= 15 is 0 Å². The maximum Gasteiger partial charge on any atom is 0.225 e. The van der Waals surface area contributed by atoms with Gasteiger partial charge in [-0.1, -0.05) is 35.9 Å². The molecule has 5 nitrogen and oxygen atoms in total. The van der Waals surface area contributed by atoms with Gasteiger partial charge in [0.15, 0.2) is 5.82 Å². The first-order chi connectivity index (χ1) is 10.1. The summed E-state index contributed by atoms with van der Waals surface area (Å²) in [7, 11) is 0. The molecule has 2 rings (SSSR count). The SMILES string of the molecule is CC=CCc1nc(CC(N)=O)nn1Cc1cccc(Cl)c1. The minimum atomic E-state index is -0.438. The van der Waals surface area contributed by atoms with Crippen LogP contribution in [0.5, 0.6) is 0 Å². The van der Waals surface area contributed by atoms with E-state index in [-0.39, 0.29) is 6.42 Å². The van der Waals surface area contributed by atoms with Crippen LogP contribution in [0, 0.1) is 0 Å². The van der Waals surface area contributed by atoms with Crippen LogP contribution in [-0.2, 0) is 24.2 Å². The number of rotatable bonds is 6. The molecule has 1 aromatic carbocycles. The van der Waals surface area contributed by atoms with Gasteiger partial charge in [0, 0.05) is 11.4 Å². The van der Waals surface area contributed by atoms with Gasteiger partial charge in [0.2, 0.25) is 5.91 Å².